The van der Waals surface area contributed by atoms with Crippen LogP contribution in [0.4, 0.5) is 18.0 Å². The monoisotopic (exact) mass is 413 g/mol. The van der Waals surface area contributed by atoms with E-state index in [2.05, 4.69) is 16.6 Å². The lowest BCUT2D eigenvalue weighted by Gasteiger charge is -2.17. The van der Waals surface area contributed by atoms with Crippen molar-refractivity contribution in [2.45, 2.75) is 46.6 Å². The number of halogens is 3. The van der Waals surface area contributed by atoms with Crippen molar-refractivity contribution in [1.29, 1.82) is 0 Å². The van der Waals surface area contributed by atoms with Gasteiger partial charge in [0.25, 0.3) is 0 Å². The summed E-state index contributed by atoms with van der Waals surface area (Å²) in [5, 5.41) is 2.60. The average molecular weight is 413 g/mol. The van der Waals surface area contributed by atoms with Crippen LogP contribution in [0, 0.1) is 6.92 Å². The summed E-state index contributed by atoms with van der Waals surface area (Å²) in [7, 11) is 0. The molecule has 0 fully saturated rings. The summed E-state index contributed by atoms with van der Waals surface area (Å²) >= 11 is 0. The van der Waals surface area contributed by atoms with Gasteiger partial charge in [-0.25, -0.2) is 4.79 Å². The van der Waals surface area contributed by atoms with Gasteiger partial charge >= 0.3 is 12.5 Å². The number of nitrogens with one attached hydrogen (secondary N) is 1. The molecule has 29 heavy (non-hydrogen) atoms. The van der Waals surface area contributed by atoms with Crippen LogP contribution < -0.4 is 14.8 Å². The molecule has 1 unspecified atom stereocenters. The van der Waals surface area contributed by atoms with Gasteiger partial charge in [0, 0.05) is 11.8 Å². The zero-order chi connectivity index (χ0) is 22.0. The SMILES string of the molecule is C=C(C)C/C=C\C(=C/C)NC(=O)OC(C)COc1cc(OC(F)(F)F)ccc1C. The maximum atomic E-state index is 12.3. The molecule has 1 atom stereocenters. The van der Waals surface area contributed by atoms with Crippen molar-refractivity contribution in [2.75, 3.05) is 6.61 Å². The topological polar surface area (TPSA) is 56.8 Å². The number of hydrogen-bond acceptors (Lipinski definition) is 4. The Morgan fingerprint density at radius 2 is 2.03 bits per heavy atom. The molecule has 0 aliphatic rings. The largest absolute Gasteiger partial charge is 0.573 e. The van der Waals surface area contributed by atoms with E-state index in [0.29, 0.717) is 17.7 Å². The first kappa shape index (κ1) is 24.1. The Hall–Kier alpha value is -2.90. The molecule has 1 aromatic rings. The summed E-state index contributed by atoms with van der Waals surface area (Å²) < 4.78 is 51.6. The molecule has 0 bridgehead atoms. The number of rotatable bonds is 9. The van der Waals surface area contributed by atoms with Crippen LogP contribution in [0.5, 0.6) is 11.5 Å². The maximum absolute atomic E-state index is 12.3. The van der Waals surface area contributed by atoms with E-state index in [1.165, 1.54) is 12.1 Å². The molecule has 0 heterocycles. The number of alkyl halides is 3. The third kappa shape index (κ3) is 10.3. The van der Waals surface area contributed by atoms with Crippen molar-refractivity contribution in [3.63, 3.8) is 0 Å². The Balaban J connectivity index is 2.57. The van der Waals surface area contributed by atoms with Gasteiger partial charge in [-0.2, -0.15) is 0 Å². The predicted molar refractivity (Wildman–Crippen MR) is 105 cm³/mol. The summed E-state index contributed by atoms with van der Waals surface area (Å²) in [6.45, 7) is 10.7. The summed E-state index contributed by atoms with van der Waals surface area (Å²) in [4.78, 5) is 12.0. The van der Waals surface area contributed by atoms with Crippen LogP contribution in [0.3, 0.4) is 0 Å². The molecule has 0 spiro atoms. The van der Waals surface area contributed by atoms with Gasteiger partial charge in [0.2, 0.25) is 0 Å². The fourth-order valence-corrected chi connectivity index (χ4v) is 2.10. The summed E-state index contributed by atoms with van der Waals surface area (Å²) in [6, 6.07) is 3.78. The van der Waals surface area contributed by atoms with E-state index in [1.807, 2.05) is 13.0 Å². The van der Waals surface area contributed by atoms with E-state index in [-0.39, 0.29) is 18.1 Å². The molecule has 0 aliphatic carbocycles. The molecular formula is C21H26F3NO4. The smallest absolute Gasteiger partial charge is 0.489 e. The van der Waals surface area contributed by atoms with Crippen LogP contribution in [-0.2, 0) is 4.74 Å². The lowest BCUT2D eigenvalue weighted by molar-refractivity contribution is -0.274. The highest BCUT2D eigenvalue weighted by molar-refractivity contribution is 5.70. The Labute approximate surface area is 168 Å². The first-order chi connectivity index (χ1) is 13.5. The number of allylic oxidation sites excluding steroid dienone is 4. The molecule has 1 N–H and O–H groups in total. The van der Waals surface area contributed by atoms with Gasteiger partial charge in [-0.15, -0.1) is 13.2 Å². The molecule has 0 aromatic heterocycles. The molecule has 1 aromatic carbocycles. The molecular weight excluding hydrogens is 387 g/mol. The van der Waals surface area contributed by atoms with Gasteiger partial charge < -0.3 is 14.2 Å². The zero-order valence-electron chi connectivity index (χ0n) is 16.9. The Morgan fingerprint density at radius 1 is 1.34 bits per heavy atom. The number of ether oxygens (including phenoxy) is 3. The van der Waals surface area contributed by atoms with Crippen molar-refractivity contribution in [1.82, 2.24) is 5.32 Å². The van der Waals surface area contributed by atoms with Crippen molar-refractivity contribution in [3.05, 3.63) is 59.8 Å². The second-order valence-corrected chi connectivity index (χ2v) is 6.43. The molecule has 0 radical (unpaired) electrons. The maximum Gasteiger partial charge on any atom is 0.573 e. The number of alkyl carbamates (subject to hydrolysis) is 1. The minimum atomic E-state index is -4.79. The number of benzene rings is 1. The van der Waals surface area contributed by atoms with Crippen molar-refractivity contribution < 1.29 is 32.2 Å². The molecule has 0 saturated carbocycles. The van der Waals surface area contributed by atoms with E-state index < -0.39 is 18.6 Å². The second kappa shape index (κ2) is 11.2. The van der Waals surface area contributed by atoms with Crippen molar-refractivity contribution in [3.8, 4) is 11.5 Å². The first-order valence-electron chi connectivity index (χ1n) is 8.94. The average Bonchev–Trinajstić information content (AvgIpc) is 2.59. The van der Waals surface area contributed by atoms with Gasteiger partial charge in [-0.3, -0.25) is 5.32 Å². The fraction of sp³-hybridized carbons (Fsp3) is 0.381. The van der Waals surface area contributed by atoms with Crippen LogP contribution in [0.15, 0.2) is 54.3 Å². The normalized spacial score (nSPS) is 13.1. The molecule has 8 heteroatoms. The lowest BCUT2D eigenvalue weighted by atomic mass is 10.2. The molecule has 0 saturated heterocycles. The minimum Gasteiger partial charge on any atom is -0.489 e. The zero-order valence-corrected chi connectivity index (χ0v) is 16.9. The third-order valence-electron chi connectivity index (χ3n) is 3.50. The van der Waals surface area contributed by atoms with Gasteiger partial charge in [-0.1, -0.05) is 30.4 Å². The van der Waals surface area contributed by atoms with Gasteiger partial charge in [0.1, 0.15) is 24.2 Å². The number of amides is 1. The highest BCUT2D eigenvalue weighted by atomic mass is 19.4. The highest BCUT2D eigenvalue weighted by Gasteiger charge is 2.31. The molecule has 1 amide bonds. The summed E-state index contributed by atoms with van der Waals surface area (Å²) in [6.07, 6.45) is -0.0823. The number of carbonyl (C=O) groups excluding carboxylic acids is 1. The lowest BCUT2D eigenvalue weighted by Crippen LogP contribution is -2.29. The van der Waals surface area contributed by atoms with Crippen molar-refractivity contribution >= 4 is 6.09 Å². The number of aryl methyl sites for hydroxylation is 1. The third-order valence-corrected chi connectivity index (χ3v) is 3.50. The number of carbonyl (C=O) groups is 1. The Bertz CT molecular complexity index is 770. The molecule has 1 rings (SSSR count). The van der Waals surface area contributed by atoms with Crippen molar-refractivity contribution in [2.24, 2.45) is 0 Å². The molecule has 160 valence electrons. The minimum absolute atomic E-state index is 0.0413. The Kier molecular flexibility index (Phi) is 9.31. The van der Waals surface area contributed by atoms with Crippen LogP contribution in [-0.4, -0.2) is 25.2 Å². The predicted octanol–water partition coefficient (Wildman–Crippen LogP) is 5.81. The van der Waals surface area contributed by atoms with Crippen LogP contribution in [0.2, 0.25) is 0 Å². The number of hydrogen-bond donors (Lipinski definition) is 1. The van der Waals surface area contributed by atoms with E-state index in [0.717, 1.165) is 11.6 Å². The van der Waals surface area contributed by atoms with E-state index in [9.17, 15) is 18.0 Å². The van der Waals surface area contributed by atoms with E-state index in [1.54, 1.807) is 32.9 Å². The highest BCUT2D eigenvalue weighted by Crippen LogP contribution is 2.28. The fourth-order valence-electron chi connectivity index (χ4n) is 2.10. The Morgan fingerprint density at radius 3 is 2.62 bits per heavy atom. The second-order valence-electron chi connectivity index (χ2n) is 6.43. The van der Waals surface area contributed by atoms with E-state index >= 15 is 0 Å². The van der Waals surface area contributed by atoms with Gasteiger partial charge in [0.05, 0.1) is 0 Å². The van der Waals surface area contributed by atoms with Gasteiger partial charge in [-0.05, 0) is 51.8 Å². The quantitative estimate of drug-likeness (QED) is 0.410. The van der Waals surface area contributed by atoms with Crippen LogP contribution in [0.1, 0.15) is 32.8 Å². The summed E-state index contributed by atoms with van der Waals surface area (Å²) in [5.74, 6) is -0.178. The van der Waals surface area contributed by atoms with Gasteiger partial charge in [0.15, 0.2) is 0 Å². The first-order valence-corrected chi connectivity index (χ1v) is 8.94. The molecule has 5 nitrogen and oxygen atoms in total. The van der Waals surface area contributed by atoms with Crippen LogP contribution >= 0.6 is 0 Å². The van der Waals surface area contributed by atoms with E-state index in [4.69, 9.17) is 9.47 Å². The van der Waals surface area contributed by atoms with Crippen LogP contribution in [0.25, 0.3) is 0 Å². The summed E-state index contributed by atoms with van der Waals surface area (Å²) in [5.41, 5.74) is 2.18. The molecule has 0 aliphatic heterocycles. The standard InChI is InChI=1S/C21H26F3NO4/c1-6-17(9-7-8-14(2)3)25-20(26)28-16(5)13-27-19-12-18(11-10-15(19)4)29-21(22,23)24/h6-7,9-12,16H,2,8,13H2,1,3-5H3,(H,25,26)/b9-7-,17-6+.